The molecule has 4 rings (SSSR count). The number of carbonyl (C=O) groups excluding carboxylic acids is 1. The van der Waals surface area contributed by atoms with Crippen LogP contribution >= 0.6 is 0 Å². The molecule has 0 radical (unpaired) electrons. The molecular weight excluding hydrogens is 364 g/mol. The molecule has 150 valence electrons. The minimum Gasteiger partial charge on any atom is -0.486 e. The number of nitrogens with one attached hydrogen (secondary N) is 1. The third kappa shape index (κ3) is 4.34. The number of hydrogen-bond donors (Lipinski definition) is 1. The second kappa shape index (κ2) is 8.11. The van der Waals surface area contributed by atoms with Gasteiger partial charge in [0.1, 0.15) is 12.4 Å². The van der Waals surface area contributed by atoms with E-state index in [-0.39, 0.29) is 17.4 Å². The first-order valence-corrected chi connectivity index (χ1v) is 10.0. The fourth-order valence-corrected chi connectivity index (χ4v) is 3.88. The van der Waals surface area contributed by atoms with Crippen LogP contribution in [0.25, 0.3) is 0 Å². The highest BCUT2D eigenvalue weighted by atomic mass is 16.5. The van der Waals surface area contributed by atoms with Gasteiger partial charge in [0.25, 0.3) is 5.91 Å². The van der Waals surface area contributed by atoms with Crippen LogP contribution in [0.4, 0.5) is 0 Å². The number of benzene rings is 2. The molecule has 0 saturated heterocycles. The average molecular weight is 390 g/mol. The molecule has 1 fully saturated rings. The molecule has 1 saturated carbocycles. The summed E-state index contributed by atoms with van der Waals surface area (Å²) in [4.78, 5) is 12.4. The number of aromatic nitrogens is 1. The van der Waals surface area contributed by atoms with Crippen molar-refractivity contribution in [1.82, 2.24) is 10.5 Å². The van der Waals surface area contributed by atoms with Crippen molar-refractivity contribution in [3.8, 4) is 5.75 Å². The van der Waals surface area contributed by atoms with Crippen LogP contribution in [0, 0.1) is 11.3 Å². The number of para-hydroxylation sites is 1. The lowest BCUT2D eigenvalue weighted by molar-refractivity contribution is 0.0138. The second-order valence-corrected chi connectivity index (χ2v) is 8.24. The third-order valence-electron chi connectivity index (χ3n) is 6.00. The van der Waals surface area contributed by atoms with Crippen molar-refractivity contribution >= 4 is 5.91 Å². The van der Waals surface area contributed by atoms with E-state index in [0.29, 0.717) is 18.1 Å². The summed E-state index contributed by atoms with van der Waals surface area (Å²) in [7, 11) is 0. The van der Waals surface area contributed by atoms with Crippen LogP contribution in [-0.4, -0.2) is 17.1 Å². The predicted octanol–water partition coefficient (Wildman–Crippen LogP) is 4.64. The van der Waals surface area contributed by atoms with E-state index in [1.54, 1.807) is 0 Å². The summed E-state index contributed by atoms with van der Waals surface area (Å²) in [6.07, 6.45) is 1.77. The van der Waals surface area contributed by atoms with Crippen molar-refractivity contribution in [2.45, 2.75) is 39.3 Å². The molecule has 29 heavy (non-hydrogen) atoms. The molecule has 1 aromatic heterocycles. The van der Waals surface area contributed by atoms with Gasteiger partial charge in [-0.15, -0.1) is 0 Å². The molecule has 1 aliphatic carbocycles. The van der Waals surface area contributed by atoms with Crippen molar-refractivity contribution in [2.24, 2.45) is 11.3 Å². The molecule has 0 spiro atoms. The Morgan fingerprint density at radius 3 is 2.52 bits per heavy atom. The number of ether oxygens (including phenoxy) is 1. The van der Waals surface area contributed by atoms with Crippen LogP contribution in [0.3, 0.4) is 0 Å². The van der Waals surface area contributed by atoms with Crippen LogP contribution in [0.2, 0.25) is 0 Å². The van der Waals surface area contributed by atoms with E-state index in [1.165, 1.54) is 0 Å². The molecule has 0 aliphatic heterocycles. The molecule has 5 nitrogen and oxygen atoms in total. The first kappa shape index (κ1) is 19.2. The third-order valence-corrected chi connectivity index (χ3v) is 6.00. The summed E-state index contributed by atoms with van der Waals surface area (Å²) < 4.78 is 11.1. The summed E-state index contributed by atoms with van der Waals surface area (Å²) >= 11 is 0. The Hall–Kier alpha value is -3.08. The highest BCUT2D eigenvalue weighted by Crippen LogP contribution is 2.47. The molecule has 3 aromatic rings. The number of nitrogens with zero attached hydrogens (tertiary/aromatic N) is 1. The van der Waals surface area contributed by atoms with Gasteiger partial charge in [-0.3, -0.25) is 4.79 Å². The number of rotatable bonds is 7. The molecule has 1 aliphatic rings. The van der Waals surface area contributed by atoms with Gasteiger partial charge in [0, 0.05) is 17.7 Å². The molecule has 5 heteroatoms. The quantitative estimate of drug-likeness (QED) is 0.638. The Morgan fingerprint density at radius 1 is 1.14 bits per heavy atom. The minimum atomic E-state index is -0.0103. The fourth-order valence-electron chi connectivity index (χ4n) is 3.88. The lowest BCUT2D eigenvalue weighted by Gasteiger charge is -2.52. The zero-order chi connectivity index (χ0) is 20.3. The lowest BCUT2D eigenvalue weighted by atomic mass is 9.57. The number of amides is 1. The Balaban J connectivity index is 1.29. The lowest BCUT2D eigenvalue weighted by Crippen LogP contribution is -2.58. The van der Waals surface area contributed by atoms with Gasteiger partial charge in [-0.1, -0.05) is 55.4 Å². The van der Waals surface area contributed by atoms with Crippen LogP contribution in [0.5, 0.6) is 5.75 Å². The maximum Gasteiger partial charge on any atom is 0.251 e. The summed E-state index contributed by atoms with van der Waals surface area (Å²) in [5.74, 6) is 1.96. The van der Waals surface area contributed by atoms with Crippen molar-refractivity contribution < 1.29 is 14.1 Å². The van der Waals surface area contributed by atoms with E-state index in [0.717, 1.165) is 30.0 Å². The molecule has 0 bridgehead atoms. The van der Waals surface area contributed by atoms with Crippen molar-refractivity contribution in [3.63, 3.8) is 0 Å². The Bertz CT molecular complexity index is 951. The van der Waals surface area contributed by atoms with Crippen molar-refractivity contribution in [2.75, 3.05) is 0 Å². The molecule has 2 atom stereocenters. The SMILES string of the molecule is CC1(C)C(Cc2cc(COc3ccccc3)on2)CC1NC(=O)c1ccccc1. The van der Waals surface area contributed by atoms with E-state index < -0.39 is 0 Å². The zero-order valence-electron chi connectivity index (χ0n) is 16.8. The zero-order valence-corrected chi connectivity index (χ0v) is 16.8. The monoisotopic (exact) mass is 390 g/mol. The molecule has 1 heterocycles. The highest BCUT2D eigenvalue weighted by Gasteiger charge is 2.48. The first-order chi connectivity index (χ1) is 14.0. The normalized spacial score (nSPS) is 19.9. The van der Waals surface area contributed by atoms with E-state index in [9.17, 15) is 4.79 Å². The second-order valence-electron chi connectivity index (χ2n) is 8.24. The first-order valence-electron chi connectivity index (χ1n) is 10.0. The maximum atomic E-state index is 12.4. The fraction of sp³-hybridized carbons (Fsp3) is 0.333. The van der Waals surface area contributed by atoms with E-state index in [2.05, 4.69) is 24.3 Å². The van der Waals surface area contributed by atoms with Crippen LogP contribution < -0.4 is 10.1 Å². The van der Waals surface area contributed by atoms with Gasteiger partial charge in [-0.05, 0) is 48.4 Å². The Kier molecular flexibility index (Phi) is 5.38. The van der Waals surface area contributed by atoms with Gasteiger partial charge < -0.3 is 14.6 Å². The van der Waals surface area contributed by atoms with Gasteiger partial charge in [0.2, 0.25) is 0 Å². The Morgan fingerprint density at radius 2 is 1.83 bits per heavy atom. The number of hydrogen-bond acceptors (Lipinski definition) is 4. The molecule has 2 aromatic carbocycles. The highest BCUT2D eigenvalue weighted by molar-refractivity contribution is 5.94. The van der Waals surface area contributed by atoms with Crippen LogP contribution in [0.1, 0.15) is 42.1 Å². The van der Waals surface area contributed by atoms with Crippen LogP contribution in [-0.2, 0) is 13.0 Å². The molecule has 1 N–H and O–H groups in total. The van der Waals surface area contributed by atoms with Crippen molar-refractivity contribution in [1.29, 1.82) is 0 Å². The van der Waals surface area contributed by atoms with Crippen molar-refractivity contribution in [3.05, 3.63) is 83.7 Å². The summed E-state index contributed by atoms with van der Waals surface area (Å²) in [5.41, 5.74) is 1.64. The van der Waals surface area contributed by atoms with E-state index in [4.69, 9.17) is 9.26 Å². The summed E-state index contributed by atoms with van der Waals surface area (Å²) in [6, 6.07) is 21.1. The topological polar surface area (TPSA) is 64.4 Å². The minimum absolute atomic E-state index is 0.00406. The Labute approximate surface area is 171 Å². The van der Waals surface area contributed by atoms with Gasteiger partial charge in [0.15, 0.2) is 5.76 Å². The predicted molar refractivity (Wildman–Crippen MR) is 111 cm³/mol. The van der Waals surface area contributed by atoms with Crippen LogP contribution in [0.15, 0.2) is 71.3 Å². The maximum absolute atomic E-state index is 12.4. The van der Waals surface area contributed by atoms with E-state index >= 15 is 0 Å². The molecule has 2 unspecified atom stereocenters. The van der Waals surface area contributed by atoms with Gasteiger partial charge >= 0.3 is 0 Å². The van der Waals surface area contributed by atoms with E-state index in [1.807, 2.05) is 66.7 Å². The van der Waals surface area contributed by atoms with Gasteiger partial charge in [0.05, 0.1) is 5.69 Å². The summed E-state index contributed by atoms with van der Waals surface area (Å²) in [5, 5.41) is 7.39. The molecule has 1 amide bonds. The smallest absolute Gasteiger partial charge is 0.251 e. The van der Waals surface area contributed by atoms with Gasteiger partial charge in [-0.2, -0.15) is 0 Å². The standard InChI is InChI=1S/C24H26N2O3/c1-24(2)18(14-22(24)25-23(27)17-9-5-3-6-10-17)13-19-15-21(29-26-19)16-28-20-11-7-4-8-12-20/h3-12,15,18,22H,13-14,16H2,1-2H3,(H,25,27). The summed E-state index contributed by atoms with van der Waals surface area (Å²) in [6.45, 7) is 4.77. The van der Waals surface area contributed by atoms with Gasteiger partial charge in [-0.25, -0.2) is 0 Å². The largest absolute Gasteiger partial charge is 0.486 e. The average Bonchev–Trinajstić information content (AvgIpc) is 3.20. The molecular formula is C24H26N2O3. The number of carbonyl (C=O) groups is 1.